The number of rotatable bonds is 2. The highest BCUT2D eigenvalue weighted by atomic mass is 79.9. The van der Waals surface area contributed by atoms with Crippen molar-refractivity contribution in [3.8, 4) is 0 Å². The first-order valence-corrected chi connectivity index (χ1v) is 6.30. The number of hydrogen-bond donors (Lipinski definition) is 1. The monoisotopic (exact) mass is 289 g/mol. The van der Waals surface area contributed by atoms with Crippen molar-refractivity contribution < 1.29 is 0 Å². The number of anilines is 1. The second-order valence-corrected chi connectivity index (χ2v) is 4.94. The van der Waals surface area contributed by atoms with E-state index in [4.69, 9.17) is 0 Å². The van der Waals surface area contributed by atoms with Crippen molar-refractivity contribution >= 4 is 21.6 Å². The zero-order valence-corrected chi connectivity index (χ0v) is 10.8. The number of fused-ring (bicyclic) bond motifs is 1. The lowest BCUT2D eigenvalue weighted by Crippen LogP contribution is -2.23. The first-order valence-electron chi connectivity index (χ1n) is 5.51. The van der Waals surface area contributed by atoms with Gasteiger partial charge in [0.1, 0.15) is 0 Å². The van der Waals surface area contributed by atoms with Crippen LogP contribution in [0.15, 0.2) is 47.2 Å². The average Bonchev–Trinajstić information content (AvgIpc) is 2.74. The summed E-state index contributed by atoms with van der Waals surface area (Å²) in [7, 11) is 0. The Labute approximate surface area is 109 Å². The van der Waals surface area contributed by atoms with Gasteiger partial charge in [0.25, 0.3) is 0 Å². The summed E-state index contributed by atoms with van der Waals surface area (Å²) in [5.41, 5.74) is 7.21. The molecule has 0 radical (unpaired) electrons. The van der Waals surface area contributed by atoms with Gasteiger partial charge in [0, 0.05) is 30.0 Å². The molecular formula is C13H12BrN3. The highest BCUT2D eigenvalue weighted by Crippen LogP contribution is 2.29. The summed E-state index contributed by atoms with van der Waals surface area (Å²) in [4.78, 5) is 4.01. The van der Waals surface area contributed by atoms with Gasteiger partial charge in [0.15, 0.2) is 0 Å². The molecule has 3 nitrogen and oxygen atoms in total. The molecule has 0 spiro atoms. The van der Waals surface area contributed by atoms with Gasteiger partial charge in [-0.15, -0.1) is 0 Å². The number of pyridine rings is 1. The third kappa shape index (κ3) is 2.18. The molecule has 0 saturated heterocycles. The van der Waals surface area contributed by atoms with Crippen LogP contribution in [0.2, 0.25) is 0 Å². The van der Waals surface area contributed by atoms with Gasteiger partial charge in [0.2, 0.25) is 0 Å². The number of aromatic nitrogens is 1. The Kier molecular flexibility index (Phi) is 2.82. The van der Waals surface area contributed by atoms with E-state index in [0.717, 1.165) is 18.8 Å². The van der Waals surface area contributed by atoms with Crippen molar-refractivity contribution in [3.63, 3.8) is 0 Å². The van der Waals surface area contributed by atoms with E-state index < -0.39 is 0 Å². The lowest BCUT2D eigenvalue weighted by atomic mass is 10.1. The molecule has 0 atom stereocenters. The quantitative estimate of drug-likeness (QED) is 0.920. The van der Waals surface area contributed by atoms with Crippen LogP contribution in [-0.4, -0.2) is 9.99 Å². The Bertz CT molecular complexity index is 527. The van der Waals surface area contributed by atoms with Crippen LogP contribution >= 0.6 is 15.9 Å². The smallest absolute Gasteiger partial charge is 0.0520 e. The van der Waals surface area contributed by atoms with Gasteiger partial charge in [-0.1, -0.05) is 28.1 Å². The minimum atomic E-state index is 0.916. The van der Waals surface area contributed by atoms with Crippen molar-refractivity contribution in [1.82, 2.24) is 9.99 Å². The van der Waals surface area contributed by atoms with Crippen LogP contribution in [0, 0.1) is 0 Å². The van der Waals surface area contributed by atoms with Crippen molar-refractivity contribution in [2.24, 2.45) is 0 Å². The maximum atomic E-state index is 4.01. The third-order valence-corrected chi connectivity index (χ3v) is 3.64. The fourth-order valence-electron chi connectivity index (χ4n) is 2.07. The van der Waals surface area contributed by atoms with E-state index in [1.54, 1.807) is 12.4 Å². The molecule has 0 aliphatic carbocycles. The van der Waals surface area contributed by atoms with Gasteiger partial charge in [-0.25, -0.2) is 5.01 Å². The van der Waals surface area contributed by atoms with Gasteiger partial charge in [0.05, 0.1) is 5.69 Å². The Morgan fingerprint density at radius 1 is 1.12 bits per heavy atom. The van der Waals surface area contributed by atoms with Crippen LogP contribution in [0.25, 0.3) is 0 Å². The van der Waals surface area contributed by atoms with Gasteiger partial charge in [-0.3, -0.25) is 4.98 Å². The molecule has 1 aliphatic heterocycles. The van der Waals surface area contributed by atoms with E-state index in [0.29, 0.717) is 0 Å². The first-order chi connectivity index (χ1) is 8.33. The highest BCUT2D eigenvalue weighted by molar-refractivity contribution is 9.10. The number of nitrogens with zero attached hydrogens (tertiary/aromatic N) is 2. The van der Waals surface area contributed by atoms with E-state index in [2.05, 4.69) is 49.5 Å². The Hall–Kier alpha value is -1.39. The predicted molar refractivity (Wildman–Crippen MR) is 71.2 cm³/mol. The molecule has 0 bridgehead atoms. The second-order valence-electron chi connectivity index (χ2n) is 4.08. The van der Waals surface area contributed by atoms with E-state index in [1.165, 1.54) is 15.6 Å². The molecule has 86 valence electrons. The largest absolute Gasteiger partial charge is 0.318 e. The topological polar surface area (TPSA) is 28.2 Å². The summed E-state index contributed by atoms with van der Waals surface area (Å²) in [5.74, 6) is 0. The van der Waals surface area contributed by atoms with Crippen LogP contribution in [0.3, 0.4) is 0 Å². The molecule has 0 fully saturated rings. The molecule has 2 heterocycles. The zero-order chi connectivity index (χ0) is 11.7. The van der Waals surface area contributed by atoms with E-state index >= 15 is 0 Å². The average molecular weight is 290 g/mol. The van der Waals surface area contributed by atoms with Crippen molar-refractivity contribution in [2.75, 3.05) is 5.43 Å². The molecule has 3 rings (SSSR count). The predicted octanol–water partition coefficient (Wildman–Crippen LogP) is 3.19. The summed E-state index contributed by atoms with van der Waals surface area (Å²) in [6.07, 6.45) is 3.59. The van der Waals surface area contributed by atoms with Gasteiger partial charge in [-0.05, 0) is 29.3 Å². The van der Waals surface area contributed by atoms with Crippen LogP contribution in [-0.2, 0) is 13.1 Å². The fraction of sp³-hybridized carbons (Fsp3) is 0.154. The molecule has 2 aromatic rings. The fourth-order valence-corrected chi connectivity index (χ4v) is 2.60. The number of hydrazine groups is 1. The maximum absolute atomic E-state index is 4.01. The summed E-state index contributed by atoms with van der Waals surface area (Å²) in [6, 6.07) is 10.3. The van der Waals surface area contributed by atoms with Gasteiger partial charge >= 0.3 is 0 Å². The van der Waals surface area contributed by atoms with Crippen LogP contribution in [0.5, 0.6) is 0 Å². The van der Waals surface area contributed by atoms with E-state index in [-0.39, 0.29) is 0 Å². The zero-order valence-electron chi connectivity index (χ0n) is 9.23. The highest BCUT2D eigenvalue weighted by Gasteiger charge is 2.20. The lowest BCUT2D eigenvalue weighted by molar-refractivity contribution is 0.346. The Balaban J connectivity index is 1.77. The summed E-state index contributed by atoms with van der Waals surface area (Å²) >= 11 is 3.60. The minimum Gasteiger partial charge on any atom is -0.318 e. The Morgan fingerprint density at radius 2 is 1.94 bits per heavy atom. The van der Waals surface area contributed by atoms with Gasteiger partial charge < -0.3 is 5.43 Å². The van der Waals surface area contributed by atoms with Gasteiger partial charge in [-0.2, -0.15) is 0 Å². The maximum Gasteiger partial charge on any atom is 0.0520 e. The molecule has 1 aromatic heterocycles. The molecule has 1 N–H and O–H groups in total. The normalized spacial score (nSPS) is 14.6. The minimum absolute atomic E-state index is 0.916. The van der Waals surface area contributed by atoms with Crippen molar-refractivity contribution in [3.05, 3.63) is 58.3 Å². The van der Waals surface area contributed by atoms with E-state index in [1.807, 2.05) is 12.1 Å². The summed E-state index contributed by atoms with van der Waals surface area (Å²) < 4.78 is 1.19. The molecule has 1 aliphatic rings. The molecule has 0 saturated carbocycles. The van der Waals surface area contributed by atoms with Crippen LogP contribution in [0.4, 0.5) is 5.69 Å². The van der Waals surface area contributed by atoms with Crippen LogP contribution in [0.1, 0.15) is 11.1 Å². The molecule has 17 heavy (non-hydrogen) atoms. The molecule has 0 amide bonds. The number of hydrogen-bond acceptors (Lipinski definition) is 3. The first kappa shape index (κ1) is 10.7. The summed E-state index contributed by atoms with van der Waals surface area (Å²) in [5, 5.41) is 2.20. The lowest BCUT2D eigenvalue weighted by Gasteiger charge is -2.17. The van der Waals surface area contributed by atoms with E-state index in [9.17, 15) is 0 Å². The van der Waals surface area contributed by atoms with Crippen molar-refractivity contribution in [1.29, 1.82) is 0 Å². The number of benzene rings is 1. The molecular weight excluding hydrogens is 278 g/mol. The summed E-state index contributed by atoms with van der Waals surface area (Å²) in [6.45, 7) is 1.84. The SMILES string of the molecule is Brc1cccc2c1CN(Nc1ccncc1)C2. The van der Waals surface area contributed by atoms with Crippen molar-refractivity contribution in [2.45, 2.75) is 13.1 Å². The molecule has 0 unspecified atom stereocenters. The Morgan fingerprint density at radius 3 is 2.71 bits per heavy atom. The third-order valence-electron chi connectivity index (χ3n) is 2.89. The molecule has 1 aromatic carbocycles. The second kappa shape index (κ2) is 4.47. The van der Waals surface area contributed by atoms with Crippen LogP contribution < -0.4 is 5.43 Å². The molecule has 4 heteroatoms. The number of nitrogens with one attached hydrogen (secondary N) is 1. The standard InChI is InChI=1S/C13H12BrN3/c14-13-3-1-2-10-8-17(9-12(10)13)16-11-4-6-15-7-5-11/h1-7H,8-9H2,(H,15,16). The number of halogens is 1.